The van der Waals surface area contributed by atoms with Crippen molar-refractivity contribution in [2.45, 2.75) is 20.4 Å². The van der Waals surface area contributed by atoms with Crippen LogP contribution in [0, 0.1) is 13.8 Å². The summed E-state index contributed by atoms with van der Waals surface area (Å²) in [7, 11) is 0. The van der Waals surface area contributed by atoms with E-state index in [0.717, 1.165) is 11.3 Å². The lowest BCUT2D eigenvalue weighted by Crippen LogP contribution is -2.26. The molecule has 2 N–H and O–H groups in total. The molecule has 0 bridgehead atoms. The minimum absolute atomic E-state index is 0.154. The number of aromatic nitrogens is 1. The highest BCUT2D eigenvalue weighted by molar-refractivity contribution is 6.37. The van der Waals surface area contributed by atoms with Gasteiger partial charge in [-0.3, -0.25) is 9.59 Å². The van der Waals surface area contributed by atoms with E-state index in [0.29, 0.717) is 21.2 Å². The van der Waals surface area contributed by atoms with Gasteiger partial charge in [0, 0.05) is 39.5 Å². The van der Waals surface area contributed by atoms with E-state index >= 15 is 0 Å². The maximum absolute atomic E-state index is 11.9. The van der Waals surface area contributed by atoms with Gasteiger partial charge in [-0.1, -0.05) is 29.3 Å². The Morgan fingerprint density at radius 2 is 1.91 bits per heavy atom. The highest BCUT2D eigenvalue weighted by atomic mass is 35.5. The van der Waals surface area contributed by atoms with Crippen molar-refractivity contribution in [3.63, 3.8) is 0 Å². The first-order valence-electron chi connectivity index (χ1n) is 6.98. The Labute approximate surface area is 144 Å². The van der Waals surface area contributed by atoms with Gasteiger partial charge in [-0.2, -0.15) is 0 Å². The third-order valence-electron chi connectivity index (χ3n) is 3.33. The summed E-state index contributed by atoms with van der Waals surface area (Å²) in [5.41, 5.74) is 2.55. The summed E-state index contributed by atoms with van der Waals surface area (Å²) in [5.74, 6) is -0.333. The van der Waals surface area contributed by atoms with Crippen molar-refractivity contribution < 1.29 is 4.79 Å². The van der Waals surface area contributed by atoms with Crippen molar-refractivity contribution in [2.24, 2.45) is 0 Å². The molecule has 0 atom stereocenters. The van der Waals surface area contributed by atoms with Crippen LogP contribution in [0.2, 0.25) is 10.0 Å². The largest absolute Gasteiger partial charge is 0.348 e. The van der Waals surface area contributed by atoms with E-state index in [1.54, 1.807) is 24.3 Å². The lowest BCUT2D eigenvalue weighted by atomic mass is 10.1. The first kappa shape index (κ1) is 17.3. The molecule has 1 aromatic heterocycles. The van der Waals surface area contributed by atoms with Crippen molar-refractivity contribution in [3.05, 3.63) is 73.1 Å². The van der Waals surface area contributed by atoms with Crippen molar-refractivity contribution in [2.75, 3.05) is 0 Å². The van der Waals surface area contributed by atoms with Crippen LogP contribution in [0.3, 0.4) is 0 Å². The fourth-order valence-corrected chi connectivity index (χ4v) is 2.69. The van der Waals surface area contributed by atoms with Gasteiger partial charge in [-0.05, 0) is 43.7 Å². The predicted octanol–water partition coefficient (Wildman–Crippen LogP) is 3.63. The molecule has 0 saturated carbocycles. The Balaban J connectivity index is 2.07. The van der Waals surface area contributed by atoms with Gasteiger partial charge < -0.3 is 10.3 Å². The molecule has 120 valence electrons. The Kier molecular flexibility index (Phi) is 5.64. The molecule has 2 aromatic rings. The van der Waals surface area contributed by atoms with Crippen molar-refractivity contribution in [3.8, 4) is 0 Å². The second-order valence-corrected chi connectivity index (χ2v) is 5.94. The highest BCUT2D eigenvalue weighted by Gasteiger charge is 2.07. The summed E-state index contributed by atoms with van der Waals surface area (Å²) < 4.78 is 0. The van der Waals surface area contributed by atoms with Crippen molar-refractivity contribution >= 4 is 35.2 Å². The van der Waals surface area contributed by atoms with Gasteiger partial charge >= 0.3 is 0 Å². The number of nitrogens with one attached hydrogen (secondary N) is 2. The Hall–Kier alpha value is -2.04. The van der Waals surface area contributed by atoms with Gasteiger partial charge in [0.25, 0.3) is 5.56 Å². The van der Waals surface area contributed by atoms with Crippen LogP contribution in [0.5, 0.6) is 0 Å². The third kappa shape index (κ3) is 4.47. The number of H-pyrrole nitrogens is 1. The maximum Gasteiger partial charge on any atom is 0.253 e. The van der Waals surface area contributed by atoms with E-state index in [2.05, 4.69) is 10.3 Å². The highest BCUT2D eigenvalue weighted by Crippen LogP contribution is 2.25. The van der Waals surface area contributed by atoms with E-state index in [4.69, 9.17) is 23.2 Å². The molecule has 23 heavy (non-hydrogen) atoms. The molecule has 1 heterocycles. The summed E-state index contributed by atoms with van der Waals surface area (Å²) in [6.45, 7) is 3.80. The third-order valence-corrected chi connectivity index (χ3v) is 3.99. The summed E-state index contributed by atoms with van der Waals surface area (Å²) in [6.07, 6.45) is 2.89. The number of halogens is 2. The summed E-state index contributed by atoms with van der Waals surface area (Å²) in [4.78, 5) is 26.5. The summed E-state index contributed by atoms with van der Waals surface area (Å²) in [6, 6.07) is 6.98. The van der Waals surface area contributed by atoms with E-state index < -0.39 is 0 Å². The molecule has 0 radical (unpaired) electrons. The zero-order chi connectivity index (χ0) is 17.0. The van der Waals surface area contributed by atoms with Gasteiger partial charge in [-0.25, -0.2) is 0 Å². The molecule has 0 aliphatic carbocycles. The van der Waals surface area contributed by atoms with Crippen LogP contribution >= 0.6 is 23.2 Å². The number of amides is 1. The monoisotopic (exact) mass is 350 g/mol. The van der Waals surface area contributed by atoms with Gasteiger partial charge in [0.05, 0.1) is 0 Å². The van der Waals surface area contributed by atoms with Crippen LogP contribution in [-0.4, -0.2) is 10.9 Å². The van der Waals surface area contributed by atoms with Crippen LogP contribution in [0.4, 0.5) is 0 Å². The fraction of sp³-hybridized carbons (Fsp3) is 0.176. The summed E-state index contributed by atoms with van der Waals surface area (Å²) in [5, 5.41) is 3.61. The molecule has 1 amide bonds. The van der Waals surface area contributed by atoms with Crippen molar-refractivity contribution in [1.82, 2.24) is 10.3 Å². The van der Waals surface area contributed by atoms with Gasteiger partial charge in [0.1, 0.15) is 0 Å². The normalized spacial score (nSPS) is 11.0. The number of pyridine rings is 1. The maximum atomic E-state index is 11.9. The van der Waals surface area contributed by atoms with Gasteiger partial charge in [0.15, 0.2) is 0 Å². The minimum Gasteiger partial charge on any atom is -0.348 e. The zero-order valence-corrected chi connectivity index (χ0v) is 14.3. The smallest absolute Gasteiger partial charge is 0.253 e. The van der Waals surface area contributed by atoms with E-state index in [1.807, 2.05) is 19.9 Å². The minimum atomic E-state index is -0.333. The standard InChI is InChI=1S/C17H16Cl2N2O2/c1-10-8-11(2)21-17(23)13(10)9-20-16(22)7-6-12-14(18)4-3-5-15(12)19/h3-8H,9H2,1-2H3,(H,20,22)(H,21,23). The SMILES string of the molecule is Cc1cc(C)c(CNC(=O)C=Cc2c(Cl)cccc2Cl)c(=O)[nH]1. The van der Waals surface area contributed by atoms with Gasteiger partial charge in [-0.15, -0.1) is 0 Å². The molecule has 0 saturated heterocycles. The molecule has 6 heteroatoms. The molecular weight excluding hydrogens is 335 g/mol. The molecule has 1 aromatic carbocycles. The Morgan fingerprint density at radius 1 is 1.26 bits per heavy atom. The number of aromatic amines is 1. The molecule has 0 unspecified atom stereocenters. The number of aryl methyl sites for hydroxylation is 2. The lowest BCUT2D eigenvalue weighted by Gasteiger charge is -2.06. The first-order valence-corrected chi connectivity index (χ1v) is 7.73. The molecule has 2 rings (SSSR count). The number of hydrogen-bond donors (Lipinski definition) is 2. The van der Waals surface area contributed by atoms with E-state index in [-0.39, 0.29) is 18.0 Å². The van der Waals surface area contributed by atoms with E-state index in [1.165, 1.54) is 6.08 Å². The van der Waals surface area contributed by atoms with Crippen LogP contribution in [0.1, 0.15) is 22.4 Å². The van der Waals surface area contributed by atoms with E-state index in [9.17, 15) is 9.59 Å². The summed E-state index contributed by atoms with van der Waals surface area (Å²) >= 11 is 12.1. The van der Waals surface area contributed by atoms with Crippen molar-refractivity contribution in [1.29, 1.82) is 0 Å². The molecule has 0 aliphatic rings. The Morgan fingerprint density at radius 3 is 2.52 bits per heavy atom. The average molecular weight is 351 g/mol. The molecular formula is C17H16Cl2N2O2. The molecule has 0 aliphatic heterocycles. The van der Waals surface area contributed by atoms with Gasteiger partial charge in [0.2, 0.25) is 5.91 Å². The second-order valence-electron chi connectivity index (χ2n) is 5.13. The fourth-order valence-electron chi connectivity index (χ4n) is 2.16. The Bertz CT molecular complexity index is 806. The molecule has 0 fully saturated rings. The molecule has 0 spiro atoms. The quantitative estimate of drug-likeness (QED) is 0.827. The van der Waals surface area contributed by atoms with Crippen LogP contribution in [0.15, 0.2) is 35.1 Å². The number of carbonyl (C=O) groups is 1. The number of benzene rings is 1. The second kappa shape index (κ2) is 7.49. The zero-order valence-electron chi connectivity index (χ0n) is 12.7. The number of carbonyl (C=O) groups excluding carboxylic acids is 1. The molecule has 4 nitrogen and oxygen atoms in total. The van der Waals surface area contributed by atoms with Crippen LogP contribution in [0.25, 0.3) is 6.08 Å². The van der Waals surface area contributed by atoms with Crippen LogP contribution < -0.4 is 10.9 Å². The lowest BCUT2D eigenvalue weighted by molar-refractivity contribution is -0.116. The average Bonchev–Trinajstić information content (AvgIpc) is 2.45. The number of rotatable bonds is 4. The topological polar surface area (TPSA) is 62.0 Å². The predicted molar refractivity (Wildman–Crippen MR) is 93.9 cm³/mol. The number of hydrogen-bond acceptors (Lipinski definition) is 2. The van der Waals surface area contributed by atoms with Crippen LogP contribution in [-0.2, 0) is 11.3 Å². The first-order chi connectivity index (χ1) is 10.9.